The molecule has 38 heavy (non-hydrogen) atoms. The van der Waals surface area contributed by atoms with Crippen LogP contribution in [0, 0.1) is 17.8 Å². The molecular formula is C30H48O8. The highest BCUT2D eigenvalue weighted by Crippen LogP contribution is 2.35. The van der Waals surface area contributed by atoms with E-state index in [1.54, 1.807) is 6.92 Å². The van der Waals surface area contributed by atoms with E-state index in [1.165, 1.54) is 6.92 Å². The van der Waals surface area contributed by atoms with Crippen LogP contribution in [-0.2, 0) is 28.6 Å². The fraction of sp³-hybridized carbons (Fsp3) is 0.767. The number of ketones is 1. The average molecular weight is 537 g/mol. The van der Waals surface area contributed by atoms with E-state index >= 15 is 0 Å². The quantitative estimate of drug-likeness (QED) is 0.252. The Morgan fingerprint density at radius 2 is 1.89 bits per heavy atom. The maximum atomic E-state index is 12.6. The van der Waals surface area contributed by atoms with Gasteiger partial charge in [0.05, 0.1) is 30.3 Å². The molecule has 0 aromatic heterocycles. The van der Waals surface area contributed by atoms with Gasteiger partial charge in [0.25, 0.3) is 0 Å². The molecule has 216 valence electrons. The van der Waals surface area contributed by atoms with Crippen LogP contribution in [0.15, 0.2) is 23.8 Å². The Morgan fingerprint density at radius 1 is 1.21 bits per heavy atom. The average Bonchev–Trinajstić information content (AvgIpc) is 3.60. The summed E-state index contributed by atoms with van der Waals surface area (Å²) in [6.45, 7) is 12.7. The molecular weight excluding hydrogens is 488 g/mol. The van der Waals surface area contributed by atoms with E-state index in [4.69, 9.17) is 14.2 Å². The molecule has 0 unspecified atom stereocenters. The van der Waals surface area contributed by atoms with Crippen molar-refractivity contribution in [1.82, 2.24) is 0 Å². The first-order valence-electron chi connectivity index (χ1n) is 14.0. The Morgan fingerprint density at radius 3 is 2.53 bits per heavy atom. The Kier molecular flexibility index (Phi) is 12.2. The van der Waals surface area contributed by atoms with Crippen molar-refractivity contribution in [2.75, 3.05) is 0 Å². The van der Waals surface area contributed by atoms with Gasteiger partial charge in [-0.15, -0.1) is 0 Å². The van der Waals surface area contributed by atoms with Gasteiger partial charge in [-0.25, -0.2) is 0 Å². The zero-order valence-corrected chi connectivity index (χ0v) is 24.1. The lowest BCUT2D eigenvalue weighted by molar-refractivity contribution is -0.165. The molecule has 2 N–H and O–H groups in total. The first-order chi connectivity index (χ1) is 17.7. The molecule has 0 amide bonds. The summed E-state index contributed by atoms with van der Waals surface area (Å²) in [4.78, 5) is 36.2. The van der Waals surface area contributed by atoms with Crippen molar-refractivity contribution in [2.24, 2.45) is 17.8 Å². The Bertz CT molecular complexity index is 875. The van der Waals surface area contributed by atoms with E-state index < -0.39 is 35.9 Å². The van der Waals surface area contributed by atoms with Crippen LogP contribution in [0.25, 0.3) is 0 Å². The highest BCUT2D eigenvalue weighted by Gasteiger charge is 2.45. The Labute approximate surface area is 227 Å². The van der Waals surface area contributed by atoms with Gasteiger partial charge >= 0.3 is 11.9 Å². The first kappa shape index (κ1) is 32.2. The molecule has 0 bridgehead atoms. The van der Waals surface area contributed by atoms with Gasteiger partial charge in [0.2, 0.25) is 0 Å². The van der Waals surface area contributed by atoms with Gasteiger partial charge in [0.1, 0.15) is 18.0 Å². The lowest BCUT2D eigenvalue weighted by Crippen LogP contribution is -2.44. The van der Waals surface area contributed by atoms with Crippen LogP contribution in [0.1, 0.15) is 93.4 Å². The molecule has 2 rings (SSSR count). The number of allylic oxidation sites excluding steroid dienone is 3. The molecule has 2 aliphatic heterocycles. The number of carbonyl (C=O) groups is 3. The fourth-order valence-electron chi connectivity index (χ4n) is 5.25. The molecule has 0 radical (unpaired) electrons. The van der Waals surface area contributed by atoms with E-state index in [1.807, 2.05) is 39.8 Å². The number of ether oxygens (including phenoxy) is 3. The van der Waals surface area contributed by atoms with Crippen molar-refractivity contribution in [3.63, 3.8) is 0 Å². The summed E-state index contributed by atoms with van der Waals surface area (Å²) >= 11 is 0. The summed E-state index contributed by atoms with van der Waals surface area (Å²) in [5.74, 6) is -0.647. The standard InChI is InChI=1S/C30H48O8/c1-8-24(33)21(5)29-25(37-29)16-18(2)10-9-11-19(3)28-20(4)12-13-26(36-22(6)31)30(7,35)15-14-23(32)17-27(34)38-28/h9-11,18,20-21,23,25-26,28-29,32,35H,8,12-17H2,1-7H3/b10-9+,19-11+/t18-,20+,21-,23-,25-,26+,28-,29-,30-/m1/s1. The van der Waals surface area contributed by atoms with E-state index in [2.05, 4.69) is 13.0 Å². The Hall–Kier alpha value is -2.03. The van der Waals surface area contributed by atoms with Gasteiger partial charge < -0.3 is 24.4 Å². The van der Waals surface area contributed by atoms with Crippen LogP contribution in [0.5, 0.6) is 0 Å². The van der Waals surface area contributed by atoms with Crippen molar-refractivity contribution in [2.45, 2.75) is 130 Å². The fourth-order valence-corrected chi connectivity index (χ4v) is 5.25. The van der Waals surface area contributed by atoms with Crippen LogP contribution in [0.4, 0.5) is 0 Å². The summed E-state index contributed by atoms with van der Waals surface area (Å²) in [7, 11) is 0. The summed E-state index contributed by atoms with van der Waals surface area (Å²) in [5, 5.41) is 21.3. The van der Waals surface area contributed by atoms with Crippen LogP contribution >= 0.6 is 0 Å². The number of epoxide rings is 1. The number of aliphatic hydroxyl groups is 2. The number of cyclic esters (lactones) is 1. The van der Waals surface area contributed by atoms with E-state index in [0.717, 1.165) is 12.0 Å². The molecule has 0 spiro atoms. The molecule has 2 heterocycles. The normalized spacial score (nSPS) is 35.0. The molecule has 0 saturated carbocycles. The third kappa shape index (κ3) is 9.93. The maximum absolute atomic E-state index is 12.6. The van der Waals surface area contributed by atoms with Crippen LogP contribution in [-0.4, -0.2) is 64.1 Å². The molecule has 0 aliphatic carbocycles. The largest absolute Gasteiger partial charge is 0.460 e. The molecule has 0 aromatic rings. The summed E-state index contributed by atoms with van der Waals surface area (Å²) in [5.41, 5.74) is -0.458. The number of Topliss-reactive ketones (excluding diaryl/α,β-unsaturated/α-hetero) is 1. The zero-order chi connectivity index (χ0) is 28.6. The summed E-state index contributed by atoms with van der Waals surface area (Å²) in [6.07, 6.45) is 6.42. The molecule has 2 saturated heterocycles. The lowest BCUT2D eigenvalue weighted by atomic mass is 9.84. The van der Waals surface area contributed by atoms with E-state index in [0.29, 0.717) is 19.3 Å². The zero-order valence-electron chi connectivity index (χ0n) is 24.1. The molecule has 2 aliphatic rings. The van der Waals surface area contributed by atoms with Crippen molar-refractivity contribution in [1.29, 1.82) is 0 Å². The number of rotatable bonds is 9. The minimum atomic E-state index is -1.32. The molecule has 2 fully saturated rings. The maximum Gasteiger partial charge on any atom is 0.309 e. The predicted molar refractivity (Wildman–Crippen MR) is 144 cm³/mol. The van der Waals surface area contributed by atoms with Crippen molar-refractivity contribution in [3.05, 3.63) is 23.8 Å². The number of carbonyl (C=O) groups excluding carboxylic acids is 3. The van der Waals surface area contributed by atoms with Crippen molar-refractivity contribution < 1.29 is 38.8 Å². The van der Waals surface area contributed by atoms with Gasteiger partial charge in [-0.2, -0.15) is 0 Å². The van der Waals surface area contributed by atoms with Crippen molar-refractivity contribution >= 4 is 17.7 Å². The Balaban J connectivity index is 2.07. The van der Waals surface area contributed by atoms with Gasteiger partial charge in [-0.05, 0) is 63.4 Å². The molecule has 8 nitrogen and oxygen atoms in total. The number of esters is 2. The molecule has 9 atom stereocenters. The van der Waals surface area contributed by atoms with Crippen LogP contribution < -0.4 is 0 Å². The number of aliphatic hydroxyl groups excluding tert-OH is 1. The predicted octanol–water partition coefficient (Wildman–Crippen LogP) is 4.45. The minimum Gasteiger partial charge on any atom is -0.460 e. The number of hydrogen-bond donors (Lipinski definition) is 2. The lowest BCUT2D eigenvalue weighted by Gasteiger charge is -2.35. The van der Waals surface area contributed by atoms with Gasteiger partial charge in [0.15, 0.2) is 0 Å². The monoisotopic (exact) mass is 536 g/mol. The number of hydrogen-bond acceptors (Lipinski definition) is 8. The highest BCUT2D eigenvalue weighted by molar-refractivity contribution is 5.81. The molecule has 0 aromatic carbocycles. The third-order valence-corrected chi connectivity index (χ3v) is 7.87. The van der Waals surface area contributed by atoms with E-state index in [-0.39, 0.29) is 55.0 Å². The second-order valence-corrected chi connectivity index (χ2v) is 11.6. The SMILES string of the molecule is CCC(=O)[C@@H](C)[C@H]1O[C@@H]1C[C@H](C)/C=C/C=C(\C)[C@H]1OC(=O)C[C@H](O)CC[C@@](C)(O)[C@@H](OC(C)=O)CC[C@@H]1C. The second kappa shape index (κ2) is 14.4. The summed E-state index contributed by atoms with van der Waals surface area (Å²) < 4.78 is 17.0. The first-order valence-corrected chi connectivity index (χ1v) is 14.0. The second-order valence-electron chi connectivity index (χ2n) is 11.6. The topological polar surface area (TPSA) is 123 Å². The van der Waals surface area contributed by atoms with Crippen LogP contribution in [0.3, 0.4) is 0 Å². The minimum absolute atomic E-state index is 0.0130. The highest BCUT2D eigenvalue weighted by atomic mass is 16.6. The van der Waals surface area contributed by atoms with E-state index in [9.17, 15) is 24.6 Å². The summed E-state index contributed by atoms with van der Waals surface area (Å²) in [6, 6.07) is 0. The van der Waals surface area contributed by atoms with Gasteiger partial charge in [0, 0.05) is 19.3 Å². The van der Waals surface area contributed by atoms with Crippen LogP contribution in [0.2, 0.25) is 0 Å². The third-order valence-electron chi connectivity index (χ3n) is 7.87. The van der Waals surface area contributed by atoms with Gasteiger partial charge in [-0.1, -0.05) is 45.9 Å². The molecule has 8 heteroatoms. The van der Waals surface area contributed by atoms with Crippen molar-refractivity contribution in [3.8, 4) is 0 Å². The van der Waals surface area contributed by atoms with Gasteiger partial charge in [-0.3, -0.25) is 14.4 Å². The smallest absolute Gasteiger partial charge is 0.309 e.